The highest BCUT2D eigenvalue weighted by Gasteiger charge is 2.28. The van der Waals surface area contributed by atoms with Gasteiger partial charge < -0.3 is 9.64 Å². The van der Waals surface area contributed by atoms with Crippen molar-refractivity contribution in [1.82, 2.24) is 4.90 Å². The first kappa shape index (κ1) is 13.9. The van der Waals surface area contributed by atoms with Crippen molar-refractivity contribution >= 4 is 23.0 Å². The number of thioether (sulfide) groups is 1. The normalized spacial score (nSPS) is 18.4. The zero-order valence-corrected chi connectivity index (χ0v) is 11.7. The van der Waals surface area contributed by atoms with Crippen LogP contribution in [-0.4, -0.2) is 34.4 Å². The summed E-state index contributed by atoms with van der Waals surface area (Å²) in [6.07, 6.45) is 0.556. The summed E-state index contributed by atoms with van der Waals surface area (Å²) in [4.78, 5) is 24.5. The van der Waals surface area contributed by atoms with E-state index in [1.165, 1.54) is 11.8 Å². The molecule has 5 heteroatoms. The van der Waals surface area contributed by atoms with E-state index >= 15 is 0 Å². The third-order valence-electron chi connectivity index (χ3n) is 2.94. The van der Waals surface area contributed by atoms with Gasteiger partial charge in [-0.15, -0.1) is 0 Å². The third kappa shape index (κ3) is 4.28. The zero-order chi connectivity index (χ0) is 13.7. The van der Waals surface area contributed by atoms with Crippen molar-refractivity contribution in [3.63, 3.8) is 0 Å². The summed E-state index contributed by atoms with van der Waals surface area (Å²) in [5.41, 5.74) is 0.977. The Morgan fingerprint density at radius 2 is 2.11 bits per heavy atom. The fraction of sp³-hybridized carbons (Fsp3) is 0.429. The maximum atomic E-state index is 11.9. The minimum Gasteiger partial charge on any atom is -0.445 e. The number of likely N-dealkylation sites (tertiary alicyclic amines) is 1. The molecule has 1 aromatic carbocycles. The second kappa shape index (κ2) is 6.61. The number of carbonyl (C=O) groups is 2. The number of benzene rings is 1. The molecule has 1 aliphatic rings. The van der Waals surface area contributed by atoms with E-state index in [9.17, 15) is 9.59 Å². The van der Waals surface area contributed by atoms with Crippen LogP contribution in [-0.2, 0) is 16.1 Å². The van der Waals surface area contributed by atoms with Crippen LogP contribution in [0.4, 0.5) is 4.79 Å². The molecule has 0 N–H and O–H groups in total. The van der Waals surface area contributed by atoms with Crippen LogP contribution in [0, 0.1) is 0 Å². The highest BCUT2D eigenvalue weighted by atomic mass is 32.2. The molecule has 1 fully saturated rings. The number of nitrogens with zero attached hydrogens (tertiary/aromatic N) is 1. The molecule has 0 unspecified atom stereocenters. The Hall–Kier alpha value is -1.49. The van der Waals surface area contributed by atoms with Gasteiger partial charge in [-0.25, -0.2) is 4.79 Å². The molecule has 1 heterocycles. The van der Waals surface area contributed by atoms with Crippen LogP contribution in [0.1, 0.15) is 18.9 Å². The molecule has 19 heavy (non-hydrogen) atoms. The Kier molecular flexibility index (Phi) is 4.85. The van der Waals surface area contributed by atoms with Gasteiger partial charge in [0.1, 0.15) is 6.61 Å². The second-order valence-corrected chi connectivity index (χ2v) is 5.98. The van der Waals surface area contributed by atoms with E-state index < -0.39 is 0 Å². The number of ether oxygens (including phenoxy) is 1. The first-order valence-corrected chi connectivity index (χ1v) is 7.16. The van der Waals surface area contributed by atoms with Crippen LogP contribution >= 0.6 is 11.8 Å². The highest BCUT2D eigenvalue weighted by Crippen LogP contribution is 2.23. The van der Waals surface area contributed by atoms with Gasteiger partial charge in [-0.3, -0.25) is 4.79 Å². The van der Waals surface area contributed by atoms with Crippen LogP contribution in [0.15, 0.2) is 30.3 Å². The smallest absolute Gasteiger partial charge is 0.410 e. The summed E-state index contributed by atoms with van der Waals surface area (Å²) in [6, 6.07) is 9.60. The summed E-state index contributed by atoms with van der Waals surface area (Å²) < 4.78 is 5.26. The molecular weight excluding hydrogens is 262 g/mol. The van der Waals surface area contributed by atoms with E-state index in [1.54, 1.807) is 11.8 Å². The molecule has 0 radical (unpaired) electrons. The molecule has 2 rings (SSSR count). The minimum absolute atomic E-state index is 0.101. The number of hydrogen-bond acceptors (Lipinski definition) is 4. The van der Waals surface area contributed by atoms with Crippen molar-refractivity contribution in [3.8, 4) is 0 Å². The zero-order valence-electron chi connectivity index (χ0n) is 10.9. The predicted molar refractivity (Wildman–Crippen MR) is 74.9 cm³/mol. The topological polar surface area (TPSA) is 46.6 Å². The molecule has 0 bridgehead atoms. The van der Waals surface area contributed by atoms with Crippen molar-refractivity contribution < 1.29 is 14.3 Å². The average Bonchev–Trinajstić information content (AvgIpc) is 2.85. The van der Waals surface area contributed by atoms with Crippen molar-refractivity contribution in [3.05, 3.63) is 35.9 Å². The van der Waals surface area contributed by atoms with Crippen molar-refractivity contribution in [2.24, 2.45) is 0 Å². The predicted octanol–water partition coefficient (Wildman–Crippen LogP) is 2.68. The SMILES string of the molecule is CC(=O)S[C@H]1CCN(C(=O)OCc2ccccc2)C1. The van der Waals surface area contributed by atoms with Gasteiger partial charge in [0.05, 0.1) is 0 Å². The van der Waals surface area contributed by atoms with Crippen molar-refractivity contribution in [2.45, 2.75) is 25.2 Å². The van der Waals surface area contributed by atoms with Crippen molar-refractivity contribution in [2.75, 3.05) is 13.1 Å². The van der Waals surface area contributed by atoms with Gasteiger partial charge >= 0.3 is 6.09 Å². The lowest BCUT2D eigenvalue weighted by molar-refractivity contribution is -0.109. The molecule has 0 aromatic heterocycles. The number of rotatable bonds is 3. The van der Waals surface area contributed by atoms with Crippen LogP contribution < -0.4 is 0 Å². The lowest BCUT2D eigenvalue weighted by Crippen LogP contribution is -2.29. The number of amides is 1. The maximum Gasteiger partial charge on any atom is 0.410 e. The van der Waals surface area contributed by atoms with Gasteiger partial charge in [0.2, 0.25) is 0 Å². The quantitative estimate of drug-likeness (QED) is 0.853. The monoisotopic (exact) mass is 279 g/mol. The molecule has 102 valence electrons. The Morgan fingerprint density at radius 1 is 1.37 bits per heavy atom. The average molecular weight is 279 g/mol. The largest absolute Gasteiger partial charge is 0.445 e. The Balaban J connectivity index is 1.77. The van der Waals surface area contributed by atoms with Gasteiger partial charge in [0.25, 0.3) is 0 Å². The van der Waals surface area contributed by atoms with E-state index in [0.29, 0.717) is 19.7 Å². The highest BCUT2D eigenvalue weighted by molar-refractivity contribution is 8.14. The summed E-state index contributed by atoms with van der Waals surface area (Å²) >= 11 is 1.31. The standard InChI is InChI=1S/C14H17NO3S/c1-11(16)19-13-7-8-15(9-13)14(17)18-10-12-5-3-2-4-6-12/h2-6,13H,7-10H2,1H3/t13-/m0/s1. The second-order valence-electron chi connectivity index (χ2n) is 4.51. The summed E-state index contributed by atoms with van der Waals surface area (Å²) in [5.74, 6) is 0. The van der Waals surface area contributed by atoms with Crippen LogP contribution in [0.5, 0.6) is 0 Å². The van der Waals surface area contributed by atoms with E-state index in [4.69, 9.17) is 4.74 Å². The number of carbonyl (C=O) groups excluding carboxylic acids is 2. The van der Waals surface area contributed by atoms with Gasteiger partial charge in [0.15, 0.2) is 5.12 Å². The number of hydrogen-bond donors (Lipinski definition) is 0. The molecule has 1 saturated heterocycles. The third-order valence-corrected chi connectivity index (χ3v) is 3.99. The summed E-state index contributed by atoms with van der Waals surface area (Å²) in [7, 11) is 0. The Bertz CT molecular complexity index is 449. The lowest BCUT2D eigenvalue weighted by Gasteiger charge is -2.16. The van der Waals surface area contributed by atoms with Gasteiger partial charge in [-0.1, -0.05) is 42.1 Å². The Labute approximate surface area is 117 Å². The Morgan fingerprint density at radius 3 is 2.79 bits per heavy atom. The summed E-state index contributed by atoms with van der Waals surface area (Å²) in [5, 5.41) is 0.311. The van der Waals surface area contributed by atoms with Crippen LogP contribution in [0.25, 0.3) is 0 Å². The fourth-order valence-electron chi connectivity index (χ4n) is 2.04. The van der Waals surface area contributed by atoms with E-state index in [2.05, 4.69) is 0 Å². The molecule has 4 nitrogen and oxygen atoms in total. The molecule has 0 aliphatic carbocycles. The van der Waals surface area contributed by atoms with Gasteiger partial charge in [-0.2, -0.15) is 0 Å². The first-order chi connectivity index (χ1) is 9.15. The maximum absolute atomic E-state index is 11.9. The molecule has 1 amide bonds. The molecule has 1 aliphatic heterocycles. The first-order valence-electron chi connectivity index (χ1n) is 6.28. The van der Waals surface area contributed by atoms with Crippen molar-refractivity contribution in [1.29, 1.82) is 0 Å². The van der Waals surface area contributed by atoms with E-state index in [1.807, 2.05) is 30.3 Å². The molecule has 1 aromatic rings. The minimum atomic E-state index is -0.296. The molecule has 0 spiro atoms. The van der Waals surface area contributed by atoms with Crippen LogP contribution in [0.3, 0.4) is 0 Å². The molecule has 1 atom stereocenters. The van der Waals surface area contributed by atoms with E-state index in [0.717, 1.165) is 12.0 Å². The van der Waals surface area contributed by atoms with Crippen LogP contribution in [0.2, 0.25) is 0 Å². The lowest BCUT2D eigenvalue weighted by atomic mass is 10.2. The summed E-state index contributed by atoms with van der Waals surface area (Å²) in [6.45, 7) is 3.11. The van der Waals surface area contributed by atoms with E-state index in [-0.39, 0.29) is 16.5 Å². The van der Waals surface area contributed by atoms with Gasteiger partial charge in [-0.05, 0) is 12.0 Å². The molecular formula is C14H17NO3S. The molecule has 0 saturated carbocycles. The van der Waals surface area contributed by atoms with Gasteiger partial charge in [0, 0.05) is 25.3 Å². The fourth-order valence-corrected chi connectivity index (χ4v) is 2.98.